The summed E-state index contributed by atoms with van der Waals surface area (Å²) in [6.07, 6.45) is 2.34. The number of nitrogen functional groups attached to an aromatic ring is 1. The number of aromatic nitrogens is 1. The number of pyridine rings is 1. The van der Waals surface area contributed by atoms with E-state index >= 15 is 0 Å². The number of hydrogen-bond acceptors (Lipinski definition) is 5. The van der Waals surface area contributed by atoms with E-state index in [1.165, 1.54) is 5.56 Å². The molecule has 32 heavy (non-hydrogen) atoms. The summed E-state index contributed by atoms with van der Waals surface area (Å²) in [5, 5.41) is 14.2. The first-order valence-electron chi connectivity index (χ1n) is 11.0. The van der Waals surface area contributed by atoms with Crippen molar-refractivity contribution in [1.82, 2.24) is 15.2 Å². The summed E-state index contributed by atoms with van der Waals surface area (Å²) >= 11 is 0. The maximum Gasteiger partial charge on any atom is 0.253 e. The van der Waals surface area contributed by atoms with Crippen LogP contribution in [0.3, 0.4) is 0 Å². The van der Waals surface area contributed by atoms with Crippen molar-refractivity contribution in [2.24, 2.45) is 0 Å². The van der Waals surface area contributed by atoms with Crippen LogP contribution >= 0.6 is 0 Å². The van der Waals surface area contributed by atoms with Crippen LogP contribution in [0.1, 0.15) is 46.1 Å². The number of aliphatic hydroxyl groups excluding tert-OH is 1. The summed E-state index contributed by atoms with van der Waals surface area (Å²) < 4.78 is 0. The average Bonchev–Trinajstić information content (AvgIpc) is 3.27. The van der Waals surface area contributed by atoms with Crippen LogP contribution in [-0.2, 0) is 13.0 Å². The lowest BCUT2D eigenvalue weighted by atomic mass is 10.0. The zero-order valence-electron chi connectivity index (χ0n) is 18.3. The first-order valence-corrected chi connectivity index (χ1v) is 11.0. The standard InChI is InChI=1S/C26H30N4O2/c1-30(17-22-8-5-9-24(27)29-22)26(32)20-12-10-18(11-13-20)16-21-14-15-23(28-21)25(31)19-6-3-2-4-7-19/h2-13,21,23,25,28,31H,14-17H2,1H3,(H2,27,29)/t21-,23+,25+/m0/s1. The molecule has 6 nitrogen and oxygen atoms in total. The van der Waals surface area contributed by atoms with Gasteiger partial charge in [-0.25, -0.2) is 4.98 Å². The summed E-state index contributed by atoms with van der Waals surface area (Å²) in [5.74, 6) is 0.401. The van der Waals surface area contributed by atoms with Crippen LogP contribution in [0.15, 0.2) is 72.8 Å². The highest BCUT2D eigenvalue weighted by atomic mass is 16.3. The molecule has 0 bridgehead atoms. The van der Waals surface area contributed by atoms with Crippen LogP contribution in [0, 0.1) is 0 Å². The Balaban J connectivity index is 1.31. The molecule has 3 atom stereocenters. The number of nitrogens with one attached hydrogen (secondary N) is 1. The van der Waals surface area contributed by atoms with Crippen LogP contribution in [-0.4, -0.2) is 40.0 Å². The summed E-state index contributed by atoms with van der Waals surface area (Å²) in [6.45, 7) is 0.406. The largest absolute Gasteiger partial charge is 0.387 e. The van der Waals surface area contributed by atoms with Crippen molar-refractivity contribution < 1.29 is 9.90 Å². The van der Waals surface area contributed by atoms with E-state index in [1.807, 2.05) is 66.7 Å². The normalized spacial score (nSPS) is 18.9. The molecule has 0 radical (unpaired) electrons. The summed E-state index contributed by atoms with van der Waals surface area (Å²) in [7, 11) is 1.77. The van der Waals surface area contributed by atoms with Gasteiger partial charge in [-0.05, 0) is 54.7 Å². The van der Waals surface area contributed by atoms with Gasteiger partial charge in [-0.2, -0.15) is 0 Å². The second-order valence-electron chi connectivity index (χ2n) is 8.52. The van der Waals surface area contributed by atoms with Gasteiger partial charge in [0.1, 0.15) is 5.82 Å². The van der Waals surface area contributed by atoms with Gasteiger partial charge in [0.15, 0.2) is 0 Å². The predicted octanol–water partition coefficient (Wildman–Crippen LogP) is 3.33. The van der Waals surface area contributed by atoms with Gasteiger partial charge in [0.05, 0.1) is 18.3 Å². The molecule has 0 aliphatic carbocycles. The molecular weight excluding hydrogens is 400 g/mol. The molecule has 0 unspecified atom stereocenters. The Morgan fingerprint density at radius 1 is 1.09 bits per heavy atom. The Labute approximate surface area is 189 Å². The molecule has 1 aliphatic heterocycles. The number of rotatable bonds is 7. The topological polar surface area (TPSA) is 91.5 Å². The number of nitrogens with two attached hydrogens (primary N) is 1. The lowest BCUT2D eigenvalue weighted by Crippen LogP contribution is -2.35. The highest BCUT2D eigenvalue weighted by molar-refractivity contribution is 5.94. The number of carbonyl (C=O) groups excluding carboxylic acids is 1. The van der Waals surface area contributed by atoms with Gasteiger partial charge in [0.2, 0.25) is 0 Å². The quantitative estimate of drug-likeness (QED) is 0.535. The number of anilines is 1. The van der Waals surface area contributed by atoms with Crippen LogP contribution in [0.2, 0.25) is 0 Å². The van der Waals surface area contributed by atoms with Crippen LogP contribution in [0.4, 0.5) is 5.82 Å². The average molecular weight is 431 g/mol. The van der Waals surface area contributed by atoms with Crippen molar-refractivity contribution in [3.63, 3.8) is 0 Å². The maximum atomic E-state index is 12.8. The van der Waals surface area contributed by atoms with Crippen LogP contribution < -0.4 is 11.1 Å². The third kappa shape index (κ3) is 5.33. The minimum Gasteiger partial charge on any atom is -0.387 e. The van der Waals surface area contributed by atoms with E-state index in [0.717, 1.165) is 30.5 Å². The molecule has 1 aromatic heterocycles. The Kier molecular flexibility index (Phi) is 6.83. The van der Waals surface area contributed by atoms with Crippen LogP contribution in [0.5, 0.6) is 0 Å². The van der Waals surface area contributed by atoms with Crippen molar-refractivity contribution in [2.75, 3.05) is 12.8 Å². The molecule has 166 valence electrons. The van der Waals surface area contributed by atoms with Crippen molar-refractivity contribution in [3.8, 4) is 0 Å². The van der Waals surface area contributed by atoms with E-state index in [9.17, 15) is 9.90 Å². The molecule has 2 aromatic carbocycles. The van der Waals surface area contributed by atoms with Gasteiger partial charge in [0, 0.05) is 24.7 Å². The van der Waals surface area contributed by atoms with E-state index in [-0.39, 0.29) is 11.9 Å². The number of carbonyl (C=O) groups is 1. The molecule has 2 heterocycles. The first kappa shape index (κ1) is 22.0. The lowest BCUT2D eigenvalue weighted by molar-refractivity contribution is 0.0783. The van der Waals surface area contributed by atoms with Crippen molar-refractivity contribution in [1.29, 1.82) is 0 Å². The number of hydrogen-bond donors (Lipinski definition) is 3. The molecule has 3 aromatic rings. The first-order chi connectivity index (χ1) is 15.5. The molecule has 6 heteroatoms. The SMILES string of the molecule is CN(Cc1cccc(N)n1)C(=O)c1ccc(C[C@@H]2CC[C@H]([C@H](O)c3ccccc3)N2)cc1. The molecule has 0 spiro atoms. The van der Waals surface area contributed by atoms with E-state index in [1.54, 1.807) is 18.0 Å². The minimum atomic E-state index is -0.494. The van der Waals surface area contributed by atoms with Crippen molar-refractivity contribution in [2.45, 2.75) is 44.0 Å². The van der Waals surface area contributed by atoms with Gasteiger partial charge in [0.25, 0.3) is 5.91 Å². The van der Waals surface area contributed by atoms with Crippen molar-refractivity contribution in [3.05, 3.63) is 95.2 Å². The third-order valence-electron chi connectivity index (χ3n) is 6.06. The fourth-order valence-corrected chi connectivity index (χ4v) is 4.33. The lowest BCUT2D eigenvalue weighted by Gasteiger charge is -2.20. The van der Waals surface area contributed by atoms with E-state index < -0.39 is 6.10 Å². The third-order valence-corrected chi connectivity index (χ3v) is 6.06. The molecule has 1 saturated heterocycles. The number of nitrogens with zero attached hydrogens (tertiary/aromatic N) is 2. The van der Waals surface area contributed by atoms with Gasteiger partial charge in [-0.3, -0.25) is 4.79 Å². The van der Waals surface area contributed by atoms with E-state index in [2.05, 4.69) is 10.3 Å². The number of amides is 1. The molecule has 4 N–H and O–H groups in total. The van der Waals surface area contributed by atoms with E-state index in [0.29, 0.717) is 24.0 Å². The van der Waals surface area contributed by atoms with Crippen LogP contribution in [0.25, 0.3) is 0 Å². The van der Waals surface area contributed by atoms with Crippen molar-refractivity contribution >= 4 is 11.7 Å². The smallest absolute Gasteiger partial charge is 0.253 e. The minimum absolute atomic E-state index is 0.0502. The number of aliphatic hydroxyl groups is 1. The molecule has 1 amide bonds. The molecule has 1 fully saturated rings. The Hall–Kier alpha value is -3.22. The monoisotopic (exact) mass is 430 g/mol. The Bertz CT molecular complexity index is 1040. The molecule has 0 saturated carbocycles. The second kappa shape index (κ2) is 9.94. The second-order valence-corrected chi connectivity index (χ2v) is 8.52. The molecule has 4 rings (SSSR count). The fourth-order valence-electron chi connectivity index (χ4n) is 4.33. The van der Waals surface area contributed by atoms with E-state index in [4.69, 9.17) is 5.73 Å². The van der Waals surface area contributed by atoms with Gasteiger partial charge >= 0.3 is 0 Å². The highest BCUT2D eigenvalue weighted by Gasteiger charge is 2.29. The number of benzene rings is 2. The highest BCUT2D eigenvalue weighted by Crippen LogP contribution is 2.26. The van der Waals surface area contributed by atoms with Gasteiger partial charge in [-0.15, -0.1) is 0 Å². The molecule has 1 aliphatic rings. The Morgan fingerprint density at radius 3 is 2.56 bits per heavy atom. The molecular formula is C26H30N4O2. The summed E-state index contributed by atoms with van der Waals surface area (Å²) in [4.78, 5) is 18.7. The fraction of sp³-hybridized carbons (Fsp3) is 0.308. The zero-order chi connectivity index (χ0) is 22.5. The zero-order valence-corrected chi connectivity index (χ0v) is 18.3. The van der Waals surface area contributed by atoms with Gasteiger partial charge < -0.3 is 21.1 Å². The predicted molar refractivity (Wildman–Crippen MR) is 126 cm³/mol. The summed E-state index contributed by atoms with van der Waals surface area (Å²) in [6, 6.07) is 23.4. The summed E-state index contributed by atoms with van der Waals surface area (Å²) in [5.41, 5.74) is 9.26. The maximum absolute atomic E-state index is 12.8. The van der Waals surface area contributed by atoms with Gasteiger partial charge in [-0.1, -0.05) is 48.5 Å². The Morgan fingerprint density at radius 2 is 1.84 bits per heavy atom.